The van der Waals surface area contributed by atoms with Crippen molar-refractivity contribution in [3.8, 4) is 0 Å². The van der Waals surface area contributed by atoms with Gasteiger partial charge in [-0.15, -0.1) is 11.3 Å². The van der Waals surface area contributed by atoms with Crippen LogP contribution in [-0.4, -0.2) is 27.1 Å². The monoisotopic (exact) mass is 258 g/mol. The zero-order valence-corrected chi connectivity index (χ0v) is 9.32. The largest absolute Gasteiger partial charge is 0.304 e. The van der Waals surface area contributed by atoms with Crippen molar-refractivity contribution >= 4 is 23.1 Å². The Morgan fingerprint density at radius 3 is 3.06 bits per heavy atom. The molecule has 0 saturated carbocycles. The number of hydrogen-bond donors (Lipinski definition) is 1. The van der Waals surface area contributed by atoms with Gasteiger partial charge in [0.1, 0.15) is 12.2 Å². The number of aromatic nitrogens is 3. The molecule has 0 aliphatic carbocycles. The van der Waals surface area contributed by atoms with Crippen LogP contribution >= 0.6 is 11.3 Å². The molecule has 0 aliphatic rings. The molecule has 0 radical (unpaired) electrons. The average molecular weight is 258 g/mol. The van der Waals surface area contributed by atoms with Crippen molar-refractivity contribution in [2.45, 2.75) is 13.0 Å². The van der Waals surface area contributed by atoms with Crippen molar-refractivity contribution in [2.75, 3.05) is 5.32 Å². The minimum atomic E-state index is -2.48. The molecule has 0 bridgehead atoms. The van der Waals surface area contributed by atoms with E-state index in [9.17, 15) is 13.6 Å². The summed E-state index contributed by atoms with van der Waals surface area (Å²) in [6, 6.07) is 1.45. The van der Waals surface area contributed by atoms with Crippen LogP contribution in [0.3, 0.4) is 0 Å². The van der Waals surface area contributed by atoms with Crippen molar-refractivity contribution < 1.29 is 13.6 Å². The van der Waals surface area contributed by atoms with E-state index in [1.54, 1.807) is 5.38 Å². The Bertz CT molecular complexity index is 497. The highest BCUT2D eigenvalue weighted by Gasteiger charge is 2.10. The van der Waals surface area contributed by atoms with Gasteiger partial charge < -0.3 is 5.32 Å². The first-order chi connectivity index (χ1) is 8.15. The Balaban J connectivity index is 1.99. The molecule has 2 aromatic heterocycles. The van der Waals surface area contributed by atoms with Crippen molar-refractivity contribution in [2.24, 2.45) is 0 Å². The van der Waals surface area contributed by atoms with Crippen molar-refractivity contribution in [1.29, 1.82) is 0 Å². The standard InChI is InChI=1S/C9H8F2N4OS/c10-7(11)3-15-2-1-8(14-15)13-9(16)6-4-17-5-12-6/h1-2,4-5,7H,3H2,(H,13,14,16). The molecule has 0 fully saturated rings. The summed E-state index contributed by atoms with van der Waals surface area (Å²) < 4.78 is 25.2. The molecule has 90 valence electrons. The van der Waals surface area contributed by atoms with Crippen LogP contribution in [0.4, 0.5) is 14.6 Å². The molecule has 0 unspecified atom stereocenters. The predicted octanol–water partition coefficient (Wildman–Crippen LogP) is 1.86. The first-order valence-electron chi connectivity index (χ1n) is 4.66. The molecule has 0 saturated heterocycles. The fourth-order valence-electron chi connectivity index (χ4n) is 1.18. The summed E-state index contributed by atoms with van der Waals surface area (Å²) in [5.74, 6) is -0.183. The van der Waals surface area contributed by atoms with Crippen LogP contribution in [0.1, 0.15) is 10.5 Å². The number of alkyl halides is 2. The third-order valence-corrected chi connectivity index (χ3v) is 2.46. The number of nitrogens with zero attached hydrogens (tertiary/aromatic N) is 3. The zero-order chi connectivity index (χ0) is 12.3. The number of amides is 1. The fourth-order valence-corrected chi connectivity index (χ4v) is 1.71. The van der Waals surface area contributed by atoms with Crippen LogP contribution in [0.25, 0.3) is 0 Å². The van der Waals surface area contributed by atoms with E-state index >= 15 is 0 Å². The van der Waals surface area contributed by atoms with Gasteiger partial charge in [-0.05, 0) is 0 Å². The highest BCUT2D eigenvalue weighted by Crippen LogP contribution is 2.08. The van der Waals surface area contributed by atoms with Crippen LogP contribution in [0, 0.1) is 0 Å². The van der Waals surface area contributed by atoms with Gasteiger partial charge >= 0.3 is 0 Å². The van der Waals surface area contributed by atoms with Crippen LogP contribution in [-0.2, 0) is 6.54 Å². The van der Waals surface area contributed by atoms with E-state index in [-0.39, 0.29) is 11.5 Å². The lowest BCUT2D eigenvalue weighted by Crippen LogP contribution is -2.13. The second-order valence-corrected chi connectivity index (χ2v) is 3.86. The molecule has 2 heterocycles. The Morgan fingerprint density at radius 2 is 2.41 bits per heavy atom. The molecule has 0 atom stereocenters. The Kier molecular flexibility index (Phi) is 3.43. The number of nitrogens with one attached hydrogen (secondary N) is 1. The summed E-state index contributed by atoms with van der Waals surface area (Å²) in [6.45, 7) is -0.493. The molecular weight excluding hydrogens is 250 g/mol. The maximum atomic E-state index is 12.1. The van der Waals surface area contributed by atoms with Gasteiger partial charge in [0.05, 0.1) is 5.51 Å². The number of halogens is 2. The van der Waals surface area contributed by atoms with E-state index in [1.807, 2.05) is 0 Å². The van der Waals surface area contributed by atoms with E-state index in [0.29, 0.717) is 0 Å². The lowest BCUT2D eigenvalue weighted by atomic mass is 10.4. The van der Waals surface area contributed by atoms with E-state index in [1.165, 1.54) is 29.1 Å². The number of anilines is 1. The van der Waals surface area contributed by atoms with Gasteiger partial charge in [0.15, 0.2) is 5.82 Å². The first-order valence-corrected chi connectivity index (χ1v) is 5.60. The second kappa shape index (κ2) is 5.00. The van der Waals surface area contributed by atoms with Gasteiger partial charge in [-0.3, -0.25) is 9.48 Å². The summed E-state index contributed by atoms with van der Waals surface area (Å²) in [5.41, 5.74) is 1.81. The Labute approximate surface area is 99.1 Å². The van der Waals surface area contributed by atoms with Crippen molar-refractivity contribution in [3.63, 3.8) is 0 Å². The molecular formula is C9H8F2N4OS. The van der Waals surface area contributed by atoms with Crippen LogP contribution in [0.5, 0.6) is 0 Å². The summed E-state index contributed by atoms with van der Waals surface area (Å²) in [5, 5.41) is 7.84. The quantitative estimate of drug-likeness (QED) is 0.910. The van der Waals surface area contributed by atoms with Crippen LogP contribution in [0.2, 0.25) is 0 Å². The summed E-state index contributed by atoms with van der Waals surface area (Å²) in [6.07, 6.45) is -1.10. The molecule has 0 aromatic carbocycles. The lowest BCUT2D eigenvalue weighted by molar-refractivity contribution is 0.102. The molecule has 17 heavy (non-hydrogen) atoms. The summed E-state index contributed by atoms with van der Waals surface area (Å²) >= 11 is 1.30. The number of hydrogen-bond acceptors (Lipinski definition) is 4. The molecule has 1 amide bonds. The maximum Gasteiger partial charge on any atom is 0.276 e. The van der Waals surface area contributed by atoms with E-state index in [2.05, 4.69) is 15.4 Å². The number of rotatable bonds is 4. The van der Waals surface area contributed by atoms with Gasteiger partial charge in [-0.2, -0.15) is 5.10 Å². The van der Waals surface area contributed by atoms with E-state index < -0.39 is 18.9 Å². The predicted molar refractivity (Wildman–Crippen MR) is 58.3 cm³/mol. The average Bonchev–Trinajstić information content (AvgIpc) is 2.87. The third-order valence-electron chi connectivity index (χ3n) is 1.87. The normalized spacial score (nSPS) is 10.8. The van der Waals surface area contributed by atoms with Crippen LogP contribution < -0.4 is 5.32 Å². The number of thiazole rings is 1. The molecule has 2 aromatic rings. The molecule has 2 rings (SSSR count). The minimum Gasteiger partial charge on any atom is -0.304 e. The van der Waals surface area contributed by atoms with Gasteiger partial charge in [0, 0.05) is 17.6 Å². The number of carbonyl (C=O) groups is 1. The number of carbonyl (C=O) groups excluding carboxylic acids is 1. The maximum absolute atomic E-state index is 12.1. The van der Waals surface area contributed by atoms with Gasteiger partial charge in [0.2, 0.25) is 0 Å². The topological polar surface area (TPSA) is 59.8 Å². The van der Waals surface area contributed by atoms with Crippen molar-refractivity contribution in [3.05, 3.63) is 28.8 Å². The van der Waals surface area contributed by atoms with Gasteiger partial charge in [-0.1, -0.05) is 0 Å². The second-order valence-electron chi connectivity index (χ2n) is 3.14. The Morgan fingerprint density at radius 1 is 1.59 bits per heavy atom. The van der Waals surface area contributed by atoms with Gasteiger partial charge in [0.25, 0.3) is 12.3 Å². The fraction of sp³-hybridized carbons (Fsp3) is 0.222. The zero-order valence-electron chi connectivity index (χ0n) is 8.51. The minimum absolute atomic E-state index is 0.226. The van der Waals surface area contributed by atoms with E-state index in [0.717, 1.165) is 4.68 Å². The summed E-state index contributed by atoms with van der Waals surface area (Å²) in [7, 11) is 0. The summed E-state index contributed by atoms with van der Waals surface area (Å²) in [4.78, 5) is 15.4. The molecule has 0 aliphatic heterocycles. The molecule has 1 N–H and O–H groups in total. The SMILES string of the molecule is O=C(Nc1ccn(CC(F)F)n1)c1cscn1. The molecule has 5 nitrogen and oxygen atoms in total. The smallest absolute Gasteiger partial charge is 0.276 e. The third kappa shape index (κ3) is 3.06. The van der Waals surface area contributed by atoms with E-state index in [4.69, 9.17) is 0 Å². The Hall–Kier alpha value is -1.83. The first kappa shape index (κ1) is 11.6. The van der Waals surface area contributed by atoms with Gasteiger partial charge in [-0.25, -0.2) is 13.8 Å². The highest BCUT2D eigenvalue weighted by molar-refractivity contribution is 7.07. The highest BCUT2D eigenvalue weighted by atomic mass is 32.1. The lowest BCUT2D eigenvalue weighted by Gasteiger charge is -2.00. The van der Waals surface area contributed by atoms with Crippen LogP contribution in [0.15, 0.2) is 23.2 Å². The molecule has 8 heteroatoms. The molecule has 0 spiro atoms. The van der Waals surface area contributed by atoms with Crippen molar-refractivity contribution in [1.82, 2.24) is 14.8 Å².